The van der Waals surface area contributed by atoms with Crippen molar-refractivity contribution in [3.8, 4) is 5.82 Å². The van der Waals surface area contributed by atoms with E-state index < -0.39 is 0 Å². The summed E-state index contributed by atoms with van der Waals surface area (Å²) in [7, 11) is 0. The van der Waals surface area contributed by atoms with Crippen LogP contribution in [0.2, 0.25) is 0 Å². The van der Waals surface area contributed by atoms with Gasteiger partial charge in [-0.3, -0.25) is 14.3 Å². The molecule has 0 radical (unpaired) electrons. The van der Waals surface area contributed by atoms with Crippen LogP contribution in [0.4, 0.5) is 5.95 Å². The molecule has 10 heteroatoms. The molecule has 3 heterocycles. The van der Waals surface area contributed by atoms with Gasteiger partial charge in [-0.1, -0.05) is 13.8 Å². The van der Waals surface area contributed by atoms with Crippen LogP contribution in [0.5, 0.6) is 0 Å². The molecule has 9 nitrogen and oxygen atoms in total. The highest BCUT2D eigenvalue weighted by molar-refractivity contribution is 7.11. The van der Waals surface area contributed by atoms with Crippen LogP contribution in [0.25, 0.3) is 5.82 Å². The van der Waals surface area contributed by atoms with Gasteiger partial charge in [0.2, 0.25) is 5.95 Å². The lowest BCUT2D eigenvalue weighted by atomic mass is 10.2. The molecule has 1 saturated heterocycles. The number of piperazine rings is 1. The summed E-state index contributed by atoms with van der Waals surface area (Å²) in [5.41, 5.74) is 0. The maximum absolute atomic E-state index is 12.1. The fraction of sp³-hybridized carbons (Fsp3) is 0.625. The van der Waals surface area contributed by atoms with Gasteiger partial charge in [0.05, 0.1) is 0 Å². The third-order valence-electron chi connectivity index (χ3n) is 4.07. The molecule has 0 bridgehead atoms. The first-order chi connectivity index (χ1) is 12.6. The van der Waals surface area contributed by atoms with Gasteiger partial charge in [-0.2, -0.15) is 0 Å². The number of rotatable bonds is 8. The van der Waals surface area contributed by atoms with E-state index in [1.54, 1.807) is 10.9 Å². The minimum Gasteiger partial charge on any atom is -0.353 e. The maximum atomic E-state index is 12.1. The van der Waals surface area contributed by atoms with Gasteiger partial charge < -0.3 is 16.0 Å². The second-order valence-electron chi connectivity index (χ2n) is 6.66. The first-order valence-electron chi connectivity index (χ1n) is 8.94. The van der Waals surface area contributed by atoms with E-state index in [4.69, 9.17) is 0 Å². The van der Waals surface area contributed by atoms with Crippen molar-refractivity contribution in [2.75, 3.05) is 51.1 Å². The normalized spacial score (nSPS) is 15.3. The van der Waals surface area contributed by atoms with E-state index in [1.807, 2.05) is 5.38 Å². The zero-order valence-corrected chi connectivity index (χ0v) is 16.1. The lowest BCUT2D eigenvalue weighted by Gasteiger charge is -2.27. The lowest BCUT2D eigenvalue weighted by molar-refractivity contribution is 0.0948. The third kappa shape index (κ3) is 4.99. The monoisotopic (exact) mass is 378 g/mol. The number of anilines is 1. The molecular formula is C16H26N8OS. The summed E-state index contributed by atoms with van der Waals surface area (Å²) >= 11 is 1.32. The number of amides is 1. The van der Waals surface area contributed by atoms with Gasteiger partial charge in [0.25, 0.3) is 5.91 Å². The molecule has 3 rings (SSSR count). The van der Waals surface area contributed by atoms with Gasteiger partial charge in [-0.25, -0.2) is 4.98 Å². The molecule has 0 aromatic carbocycles. The van der Waals surface area contributed by atoms with Gasteiger partial charge in [-0.15, -0.1) is 21.5 Å². The van der Waals surface area contributed by atoms with Crippen LogP contribution < -0.4 is 16.0 Å². The number of carbonyl (C=O) groups is 1. The van der Waals surface area contributed by atoms with Crippen LogP contribution in [0.1, 0.15) is 23.6 Å². The number of aromatic nitrogens is 4. The zero-order chi connectivity index (χ0) is 18.4. The molecular weight excluding hydrogens is 352 g/mol. The molecule has 0 atom stereocenters. The van der Waals surface area contributed by atoms with E-state index in [2.05, 4.69) is 49.9 Å². The van der Waals surface area contributed by atoms with Crippen LogP contribution in [0.15, 0.2) is 11.7 Å². The topological polar surface area (TPSA) is 100 Å². The molecule has 0 saturated carbocycles. The fourth-order valence-corrected chi connectivity index (χ4v) is 3.35. The van der Waals surface area contributed by atoms with Crippen molar-refractivity contribution in [1.82, 2.24) is 35.3 Å². The predicted octanol–water partition coefficient (Wildman–Crippen LogP) is 0.427. The SMILES string of the molecule is CC(C)CNC(=O)c1nc(-n2cnnc2NCCN2CCNCC2)cs1. The predicted molar refractivity (Wildman–Crippen MR) is 102 cm³/mol. The van der Waals surface area contributed by atoms with E-state index in [-0.39, 0.29) is 5.91 Å². The van der Waals surface area contributed by atoms with E-state index in [1.165, 1.54) is 11.3 Å². The molecule has 0 spiro atoms. The standard InChI is InChI=1S/C16H26N8OS/c1-12(2)9-19-14(25)15-21-13(10-26-15)24-11-20-22-16(24)18-5-8-23-6-3-17-4-7-23/h10-12,17H,3-9H2,1-2H3,(H,18,22)(H,19,25). The molecule has 1 aliphatic rings. The number of carbonyl (C=O) groups excluding carboxylic acids is 1. The van der Waals surface area contributed by atoms with Crippen LogP contribution in [-0.2, 0) is 0 Å². The minimum absolute atomic E-state index is 0.142. The summed E-state index contributed by atoms with van der Waals surface area (Å²) in [6, 6.07) is 0. The summed E-state index contributed by atoms with van der Waals surface area (Å²) < 4.78 is 1.77. The first kappa shape index (κ1) is 18.7. The molecule has 3 N–H and O–H groups in total. The smallest absolute Gasteiger partial charge is 0.280 e. The van der Waals surface area contributed by atoms with Gasteiger partial charge in [0, 0.05) is 51.2 Å². The van der Waals surface area contributed by atoms with Crippen LogP contribution in [0.3, 0.4) is 0 Å². The van der Waals surface area contributed by atoms with Crippen molar-refractivity contribution < 1.29 is 4.79 Å². The Morgan fingerprint density at radius 1 is 1.38 bits per heavy atom. The van der Waals surface area contributed by atoms with Crippen LogP contribution in [-0.4, -0.2) is 76.4 Å². The van der Waals surface area contributed by atoms with E-state index >= 15 is 0 Å². The second-order valence-corrected chi connectivity index (χ2v) is 7.52. The molecule has 1 aliphatic heterocycles. The Morgan fingerprint density at radius 2 is 2.19 bits per heavy atom. The quantitative estimate of drug-likeness (QED) is 0.612. The van der Waals surface area contributed by atoms with E-state index in [0.29, 0.717) is 29.2 Å². The maximum Gasteiger partial charge on any atom is 0.280 e. The van der Waals surface area contributed by atoms with Gasteiger partial charge in [0.15, 0.2) is 10.8 Å². The molecule has 1 fully saturated rings. The summed E-state index contributed by atoms with van der Waals surface area (Å²) in [6.07, 6.45) is 1.61. The molecule has 2 aromatic rings. The molecule has 0 aliphatic carbocycles. The molecule has 0 unspecified atom stereocenters. The van der Waals surface area contributed by atoms with Crippen LogP contribution in [0, 0.1) is 5.92 Å². The number of thiazole rings is 1. The fourth-order valence-electron chi connectivity index (χ4n) is 2.64. The summed E-state index contributed by atoms with van der Waals surface area (Å²) in [6.45, 7) is 10.7. The average molecular weight is 379 g/mol. The third-order valence-corrected chi connectivity index (χ3v) is 4.90. The summed E-state index contributed by atoms with van der Waals surface area (Å²) in [5.74, 6) is 1.55. The summed E-state index contributed by atoms with van der Waals surface area (Å²) in [5, 5.41) is 19.9. The number of nitrogens with one attached hydrogen (secondary N) is 3. The highest BCUT2D eigenvalue weighted by Crippen LogP contribution is 2.17. The van der Waals surface area contributed by atoms with Gasteiger partial charge in [-0.05, 0) is 5.92 Å². The van der Waals surface area contributed by atoms with Gasteiger partial charge >= 0.3 is 0 Å². The van der Waals surface area contributed by atoms with E-state index in [0.717, 1.165) is 39.3 Å². The first-order valence-corrected chi connectivity index (χ1v) is 9.82. The lowest BCUT2D eigenvalue weighted by Crippen LogP contribution is -2.45. The molecule has 142 valence electrons. The molecule has 1 amide bonds. The average Bonchev–Trinajstić information content (AvgIpc) is 3.29. The Hall–Kier alpha value is -2.04. The Morgan fingerprint density at radius 3 is 2.96 bits per heavy atom. The Bertz CT molecular complexity index is 707. The van der Waals surface area contributed by atoms with Crippen molar-refractivity contribution in [2.24, 2.45) is 5.92 Å². The highest BCUT2D eigenvalue weighted by Gasteiger charge is 2.15. The Balaban J connectivity index is 1.56. The number of hydrogen-bond donors (Lipinski definition) is 3. The van der Waals surface area contributed by atoms with Crippen molar-refractivity contribution >= 4 is 23.2 Å². The van der Waals surface area contributed by atoms with Crippen molar-refractivity contribution in [1.29, 1.82) is 0 Å². The minimum atomic E-state index is -0.142. The summed E-state index contributed by atoms with van der Waals surface area (Å²) in [4.78, 5) is 19.0. The second kappa shape index (κ2) is 9.06. The van der Waals surface area contributed by atoms with E-state index in [9.17, 15) is 4.79 Å². The Kier molecular flexibility index (Phi) is 6.53. The van der Waals surface area contributed by atoms with Crippen molar-refractivity contribution in [3.63, 3.8) is 0 Å². The molecule has 2 aromatic heterocycles. The number of nitrogens with zero attached hydrogens (tertiary/aromatic N) is 5. The zero-order valence-electron chi connectivity index (χ0n) is 15.2. The highest BCUT2D eigenvalue weighted by atomic mass is 32.1. The van der Waals surface area contributed by atoms with Crippen molar-refractivity contribution in [2.45, 2.75) is 13.8 Å². The van der Waals surface area contributed by atoms with Gasteiger partial charge in [0.1, 0.15) is 6.33 Å². The molecule has 26 heavy (non-hydrogen) atoms. The van der Waals surface area contributed by atoms with Crippen molar-refractivity contribution in [3.05, 3.63) is 16.7 Å². The number of hydrogen-bond acceptors (Lipinski definition) is 8. The largest absolute Gasteiger partial charge is 0.353 e. The van der Waals surface area contributed by atoms with Crippen LogP contribution >= 0.6 is 11.3 Å². The Labute approximate surface area is 157 Å².